The number of methoxy groups -OCH3 is 1. The van der Waals surface area contributed by atoms with Gasteiger partial charge in [-0.25, -0.2) is 0 Å². The predicted molar refractivity (Wildman–Crippen MR) is 100 cm³/mol. The summed E-state index contributed by atoms with van der Waals surface area (Å²) in [5.74, 6) is 1.69. The number of piperidine rings is 1. The van der Waals surface area contributed by atoms with Gasteiger partial charge >= 0.3 is 0 Å². The first-order valence-electron chi connectivity index (χ1n) is 8.33. The number of halogens is 2. The zero-order valence-corrected chi connectivity index (χ0v) is 15.6. The third-order valence-electron chi connectivity index (χ3n) is 6.46. The van der Waals surface area contributed by atoms with Crippen molar-refractivity contribution in [2.45, 2.75) is 50.0 Å². The number of ether oxygens (including phenoxy) is 1. The lowest BCUT2D eigenvalue weighted by atomic mass is 9.52. The molecule has 1 saturated carbocycles. The van der Waals surface area contributed by atoms with Crippen molar-refractivity contribution < 1.29 is 4.74 Å². The highest BCUT2D eigenvalue weighted by atomic mass is 35.5. The Hall–Kier alpha value is -0.640. The van der Waals surface area contributed by atoms with Crippen molar-refractivity contribution in [3.05, 3.63) is 23.3 Å². The lowest BCUT2D eigenvalue weighted by Crippen LogP contribution is -2.59. The standard InChI is InChI=1S/C18H26N2O.2ClH/c1-20-8-7-18-6-4-3-5-13(18)16(20)10-12-9-15(19)17(21-2)11-14(12)18;;/h9,11,13,16H,3-8,10,19H2,1-2H3;2*1H/t13?,16-,18-;;/m0../s1. The first-order valence-corrected chi connectivity index (χ1v) is 8.33. The molecule has 3 aliphatic rings. The van der Waals surface area contributed by atoms with Gasteiger partial charge in [0, 0.05) is 11.5 Å². The van der Waals surface area contributed by atoms with Crippen LogP contribution in [0, 0.1) is 5.92 Å². The first-order chi connectivity index (χ1) is 10.2. The summed E-state index contributed by atoms with van der Waals surface area (Å²) in [5.41, 5.74) is 10.4. The Balaban J connectivity index is 0.000000960. The molecule has 2 aliphatic carbocycles. The minimum atomic E-state index is 0. The van der Waals surface area contributed by atoms with Crippen molar-refractivity contribution in [1.82, 2.24) is 4.90 Å². The van der Waals surface area contributed by atoms with Gasteiger partial charge in [-0.1, -0.05) is 12.8 Å². The highest BCUT2D eigenvalue weighted by Crippen LogP contribution is 2.56. The first kappa shape index (κ1) is 18.7. The molecule has 2 bridgehead atoms. The van der Waals surface area contributed by atoms with E-state index in [1.54, 1.807) is 12.7 Å². The summed E-state index contributed by atoms with van der Waals surface area (Å²) in [7, 11) is 4.04. The molecule has 4 rings (SSSR count). The molecule has 5 heteroatoms. The Morgan fingerprint density at radius 3 is 2.74 bits per heavy atom. The molecule has 0 radical (unpaired) electrons. The third kappa shape index (κ3) is 2.61. The minimum absolute atomic E-state index is 0. The van der Waals surface area contributed by atoms with Crippen molar-refractivity contribution >= 4 is 30.5 Å². The van der Waals surface area contributed by atoms with Gasteiger partial charge in [0.05, 0.1) is 12.8 Å². The maximum atomic E-state index is 6.17. The second kappa shape index (κ2) is 6.70. The van der Waals surface area contributed by atoms with E-state index < -0.39 is 0 Å². The van der Waals surface area contributed by atoms with Crippen LogP contribution in [0.15, 0.2) is 12.1 Å². The fourth-order valence-corrected chi connectivity index (χ4v) is 5.43. The van der Waals surface area contributed by atoms with Gasteiger partial charge in [0.25, 0.3) is 0 Å². The van der Waals surface area contributed by atoms with Gasteiger partial charge in [0.15, 0.2) is 0 Å². The van der Waals surface area contributed by atoms with Gasteiger partial charge in [0.2, 0.25) is 0 Å². The van der Waals surface area contributed by atoms with Crippen molar-refractivity contribution in [3.8, 4) is 5.75 Å². The van der Waals surface area contributed by atoms with Gasteiger partial charge in [-0.2, -0.15) is 0 Å². The second-order valence-electron chi connectivity index (χ2n) is 7.26. The van der Waals surface area contributed by atoms with Crippen LogP contribution in [-0.4, -0.2) is 31.6 Å². The number of nitrogens with zero attached hydrogens (tertiary/aromatic N) is 1. The van der Waals surface area contributed by atoms with Crippen molar-refractivity contribution in [2.24, 2.45) is 5.92 Å². The fraction of sp³-hybridized carbons (Fsp3) is 0.667. The van der Waals surface area contributed by atoms with E-state index in [9.17, 15) is 0 Å². The van der Waals surface area contributed by atoms with Gasteiger partial charge in [-0.05, 0) is 68.5 Å². The third-order valence-corrected chi connectivity index (χ3v) is 6.46. The maximum Gasteiger partial charge on any atom is 0.142 e. The summed E-state index contributed by atoms with van der Waals surface area (Å²) in [4.78, 5) is 2.59. The highest BCUT2D eigenvalue weighted by molar-refractivity contribution is 5.85. The van der Waals surface area contributed by atoms with Crippen molar-refractivity contribution in [1.29, 1.82) is 0 Å². The Kier molecular flexibility index (Phi) is 5.44. The summed E-state index contributed by atoms with van der Waals surface area (Å²) in [6.45, 7) is 1.23. The Morgan fingerprint density at radius 2 is 2.00 bits per heavy atom. The van der Waals surface area contributed by atoms with Gasteiger partial charge in [0.1, 0.15) is 5.75 Å². The molecule has 1 aromatic rings. The van der Waals surface area contributed by atoms with Crippen LogP contribution < -0.4 is 10.5 Å². The summed E-state index contributed by atoms with van der Waals surface area (Å²) in [6, 6.07) is 5.16. The van der Waals surface area contributed by atoms with Crippen molar-refractivity contribution in [3.63, 3.8) is 0 Å². The van der Waals surface area contributed by atoms with Crippen LogP contribution in [0.4, 0.5) is 5.69 Å². The Bertz CT molecular complexity index is 580. The molecule has 1 saturated heterocycles. The number of benzene rings is 1. The van der Waals surface area contributed by atoms with Crippen molar-refractivity contribution in [2.75, 3.05) is 26.4 Å². The quantitative estimate of drug-likeness (QED) is 0.775. The lowest BCUT2D eigenvalue weighted by molar-refractivity contribution is 0.00277. The second-order valence-corrected chi connectivity index (χ2v) is 7.26. The zero-order valence-electron chi connectivity index (χ0n) is 14.0. The maximum absolute atomic E-state index is 6.17. The van der Waals surface area contributed by atoms with E-state index >= 15 is 0 Å². The molecule has 2 fully saturated rings. The molecule has 0 aromatic heterocycles. The average molecular weight is 359 g/mol. The van der Waals surface area contributed by atoms with Gasteiger partial charge in [-0.15, -0.1) is 24.8 Å². The molecular weight excluding hydrogens is 331 g/mol. The van der Waals surface area contributed by atoms with E-state index in [1.807, 2.05) is 0 Å². The summed E-state index contributed by atoms with van der Waals surface area (Å²) >= 11 is 0. The van der Waals surface area contributed by atoms with Crippen LogP contribution in [0.1, 0.15) is 43.2 Å². The Morgan fingerprint density at radius 1 is 1.22 bits per heavy atom. The molecule has 1 aromatic carbocycles. The molecule has 2 N–H and O–H groups in total. The molecule has 1 unspecified atom stereocenters. The van der Waals surface area contributed by atoms with E-state index in [4.69, 9.17) is 10.5 Å². The average Bonchev–Trinajstić information content (AvgIpc) is 2.50. The molecule has 3 nitrogen and oxygen atoms in total. The number of nitrogens with two attached hydrogens (primary N) is 1. The van der Waals surface area contributed by atoms with Crippen LogP contribution in [-0.2, 0) is 11.8 Å². The Labute approximate surface area is 151 Å². The van der Waals surface area contributed by atoms with E-state index in [0.29, 0.717) is 11.5 Å². The summed E-state index contributed by atoms with van der Waals surface area (Å²) in [6.07, 6.45) is 7.97. The molecule has 1 aliphatic heterocycles. The van der Waals surface area contributed by atoms with Crippen LogP contribution in [0.3, 0.4) is 0 Å². The predicted octanol–water partition coefficient (Wildman–Crippen LogP) is 3.81. The number of hydrogen-bond donors (Lipinski definition) is 1. The molecule has 1 heterocycles. The largest absolute Gasteiger partial charge is 0.495 e. The van der Waals surface area contributed by atoms with E-state index in [-0.39, 0.29) is 24.8 Å². The van der Waals surface area contributed by atoms with Crippen LogP contribution in [0.5, 0.6) is 5.75 Å². The molecule has 23 heavy (non-hydrogen) atoms. The van der Waals surface area contributed by atoms with Gasteiger partial charge in [-0.3, -0.25) is 0 Å². The zero-order chi connectivity index (χ0) is 14.6. The number of rotatable bonds is 1. The number of fused-ring (bicyclic) bond motifs is 1. The number of likely N-dealkylation sites (N-methyl/N-ethyl adjacent to an activating group) is 1. The van der Waals surface area contributed by atoms with E-state index in [1.165, 1.54) is 44.2 Å². The number of anilines is 1. The van der Waals surface area contributed by atoms with E-state index in [2.05, 4.69) is 24.1 Å². The fourth-order valence-electron chi connectivity index (χ4n) is 5.43. The van der Waals surface area contributed by atoms with E-state index in [0.717, 1.165) is 23.8 Å². The monoisotopic (exact) mass is 358 g/mol. The number of hydrogen-bond acceptors (Lipinski definition) is 3. The molecule has 0 amide bonds. The molecule has 130 valence electrons. The smallest absolute Gasteiger partial charge is 0.142 e. The molecule has 3 atom stereocenters. The van der Waals surface area contributed by atoms with Gasteiger partial charge < -0.3 is 15.4 Å². The SMILES string of the molecule is COc1cc2c(cc1N)C[C@H]1C3CCCC[C@@]23CCN1C.Cl.Cl. The minimum Gasteiger partial charge on any atom is -0.495 e. The number of nitrogen functional groups attached to an aromatic ring is 1. The highest BCUT2D eigenvalue weighted by Gasteiger charge is 2.53. The molecular formula is C18H28Cl2N2O. The summed E-state index contributed by atoms with van der Waals surface area (Å²) in [5, 5.41) is 0. The van der Waals surface area contributed by atoms with Crippen LogP contribution >= 0.6 is 24.8 Å². The van der Waals surface area contributed by atoms with Crippen LogP contribution in [0.25, 0.3) is 0 Å². The normalized spacial score (nSPS) is 31.9. The lowest BCUT2D eigenvalue weighted by Gasteiger charge is -2.58. The summed E-state index contributed by atoms with van der Waals surface area (Å²) < 4.78 is 5.51. The molecule has 0 spiro atoms. The topological polar surface area (TPSA) is 38.5 Å². The van der Waals surface area contributed by atoms with Crippen LogP contribution in [0.2, 0.25) is 0 Å². The number of likely N-dealkylation sites (tertiary alicyclic amines) is 1.